The van der Waals surface area contributed by atoms with Crippen molar-refractivity contribution in [1.29, 1.82) is 0 Å². The van der Waals surface area contributed by atoms with Crippen LogP contribution in [-0.2, 0) is 4.74 Å². The second-order valence-corrected chi connectivity index (χ2v) is 5.88. The fourth-order valence-corrected chi connectivity index (χ4v) is 1.91. The highest BCUT2D eigenvalue weighted by Crippen LogP contribution is 2.28. The molecule has 1 saturated heterocycles. The molecule has 98 valence electrons. The molecule has 0 unspecified atom stereocenters. The molecule has 18 heavy (non-hydrogen) atoms. The van der Waals surface area contributed by atoms with Gasteiger partial charge < -0.3 is 9.64 Å². The highest BCUT2D eigenvalue weighted by Gasteiger charge is 2.34. The lowest BCUT2D eigenvalue weighted by Crippen LogP contribution is -2.50. The SMILES string of the molecule is CC(C)(C)OC(=O)N1CC(c2ccc(Cl)nc2)C1. The van der Waals surface area contributed by atoms with Gasteiger partial charge in [0.15, 0.2) is 0 Å². The number of carbonyl (C=O) groups is 1. The Morgan fingerprint density at radius 3 is 2.61 bits per heavy atom. The maximum Gasteiger partial charge on any atom is 0.410 e. The molecule has 0 spiro atoms. The molecule has 2 rings (SSSR count). The number of carbonyl (C=O) groups excluding carboxylic acids is 1. The minimum absolute atomic E-state index is 0.249. The van der Waals surface area contributed by atoms with Gasteiger partial charge in [-0.1, -0.05) is 17.7 Å². The summed E-state index contributed by atoms with van der Waals surface area (Å²) in [6.45, 7) is 6.96. The molecule has 1 aromatic heterocycles. The van der Waals surface area contributed by atoms with Crippen LogP contribution in [0.2, 0.25) is 5.15 Å². The highest BCUT2D eigenvalue weighted by molar-refractivity contribution is 6.29. The number of amides is 1. The number of hydrogen-bond donors (Lipinski definition) is 0. The van der Waals surface area contributed by atoms with Crippen LogP contribution >= 0.6 is 11.6 Å². The molecule has 5 heteroatoms. The second kappa shape index (κ2) is 4.76. The van der Waals surface area contributed by atoms with E-state index in [4.69, 9.17) is 16.3 Å². The summed E-state index contributed by atoms with van der Waals surface area (Å²) in [5, 5.41) is 0.488. The van der Waals surface area contributed by atoms with Gasteiger partial charge in [0.1, 0.15) is 10.8 Å². The Morgan fingerprint density at radius 1 is 1.44 bits per heavy atom. The highest BCUT2D eigenvalue weighted by atomic mass is 35.5. The van der Waals surface area contributed by atoms with Crippen molar-refractivity contribution in [2.45, 2.75) is 32.3 Å². The van der Waals surface area contributed by atoms with Crippen LogP contribution in [0, 0.1) is 0 Å². The Bertz CT molecular complexity index is 433. The molecule has 4 nitrogen and oxygen atoms in total. The number of halogens is 1. The fraction of sp³-hybridized carbons (Fsp3) is 0.538. The first kappa shape index (κ1) is 13.1. The minimum Gasteiger partial charge on any atom is -0.444 e. The molecule has 0 atom stereocenters. The van der Waals surface area contributed by atoms with Crippen molar-refractivity contribution in [2.75, 3.05) is 13.1 Å². The van der Waals surface area contributed by atoms with E-state index >= 15 is 0 Å². The van der Waals surface area contributed by atoms with Gasteiger partial charge in [-0.15, -0.1) is 0 Å². The summed E-state index contributed by atoms with van der Waals surface area (Å²) in [6, 6.07) is 3.72. The van der Waals surface area contributed by atoms with E-state index in [0.29, 0.717) is 24.2 Å². The van der Waals surface area contributed by atoms with Crippen LogP contribution in [0.25, 0.3) is 0 Å². The number of rotatable bonds is 1. The zero-order valence-corrected chi connectivity index (χ0v) is 11.6. The van der Waals surface area contributed by atoms with Crippen LogP contribution in [0.5, 0.6) is 0 Å². The largest absolute Gasteiger partial charge is 0.444 e. The van der Waals surface area contributed by atoms with E-state index in [2.05, 4.69) is 4.98 Å². The molecule has 0 radical (unpaired) electrons. The smallest absolute Gasteiger partial charge is 0.410 e. The third-order valence-electron chi connectivity index (χ3n) is 2.75. The van der Waals surface area contributed by atoms with Gasteiger partial charge in [0.05, 0.1) is 0 Å². The maximum atomic E-state index is 11.7. The topological polar surface area (TPSA) is 42.4 Å². The van der Waals surface area contributed by atoms with E-state index < -0.39 is 5.60 Å². The van der Waals surface area contributed by atoms with Crippen LogP contribution in [0.4, 0.5) is 4.79 Å². The third-order valence-corrected chi connectivity index (χ3v) is 2.98. The van der Waals surface area contributed by atoms with Crippen molar-refractivity contribution in [1.82, 2.24) is 9.88 Å². The minimum atomic E-state index is -0.440. The molecule has 1 fully saturated rings. The Kier molecular flexibility index (Phi) is 3.48. The van der Waals surface area contributed by atoms with Gasteiger partial charge in [0.25, 0.3) is 0 Å². The van der Waals surface area contributed by atoms with Gasteiger partial charge in [-0.25, -0.2) is 9.78 Å². The van der Waals surface area contributed by atoms with E-state index in [9.17, 15) is 4.79 Å². The first-order valence-electron chi connectivity index (χ1n) is 5.94. The molecule has 0 N–H and O–H groups in total. The lowest BCUT2D eigenvalue weighted by molar-refractivity contribution is 0.00817. The summed E-state index contributed by atoms with van der Waals surface area (Å²) in [4.78, 5) is 17.5. The molecule has 1 aliphatic heterocycles. The van der Waals surface area contributed by atoms with Gasteiger partial charge in [0, 0.05) is 25.2 Å². The molecular weight excluding hydrogens is 252 g/mol. The van der Waals surface area contributed by atoms with Crippen LogP contribution in [0.3, 0.4) is 0 Å². The van der Waals surface area contributed by atoms with Gasteiger partial charge >= 0.3 is 6.09 Å². The standard InChI is InChI=1S/C13H17ClN2O2/c1-13(2,3)18-12(17)16-7-10(8-16)9-4-5-11(14)15-6-9/h4-6,10H,7-8H2,1-3H3. The van der Waals surface area contributed by atoms with E-state index in [-0.39, 0.29) is 6.09 Å². The van der Waals surface area contributed by atoms with Gasteiger partial charge in [0.2, 0.25) is 0 Å². The lowest BCUT2D eigenvalue weighted by atomic mass is 9.93. The van der Waals surface area contributed by atoms with Crippen molar-refractivity contribution in [3.63, 3.8) is 0 Å². The van der Waals surface area contributed by atoms with E-state index in [0.717, 1.165) is 5.56 Å². The quantitative estimate of drug-likeness (QED) is 0.735. The van der Waals surface area contributed by atoms with Crippen LogP contribution in [0.15, 0.2) is 18.3 Å². The molecule has 0 aromatic carbocycles. The summed E-state index contributed by atoms with van der Waals surface area (Å²) in [5.41, 5.74) is 0.670. The van der Waals surface area contributed by atoms with Crippen molar-refractivity contribution >= 4 is 17.7 Å². The Balaban J connectivity index is 1.87. The Labute approximate surface area is 112 Å². The van der Waals surface area contributed by atoms with Gasteiger partial charge in [-0.2, -0.15) is 0 Å². The predicted molar refractivity (Wildman–Crippen MR) is 69.8 cm³/mol. The predicted octanol–water partition coefficient (Wildman–Crippen LogP) is 3.07. The number of aromatic nitrogens is 1. The van der Waals surface area contributed by atoms with Crippen molar-refractivity contribution in [2.24, 2.45) is 0 Å². The normalized spacial score (nSPS) is 16.3. The summed E-state index contributed by atoms with van der Waals surface area (Å²) >= 11 is 5.73. The summed E-state index contributed by atoms with van der Waals surface area (Å²) in [7, 11) is 0. The molecular formula is C13H17ClN2O2. The third kappa shape index (κ3) is 3.13. The molecule has 0 saturated carbocycles. The summed E-state index contributed by atoms with van der Waals surface area (Å²) in [6.07, 6.45) is 1.51. The number of likely N-dealkylation sites (tertiary alicyclic amines) is 1. The van der Waals surface area contributed by atoms with Crippen molar-refractivity contribution in [3.8, 4) is 0 Å². The maximum absolute atomic E-state index is 11.7. The number of hydrogen-bond acceptors (Lipinski definition) is 3. The van der Waals surface area contributed by atoms with E-state index in [1.165, 1.54) is 0 Å². The van der Waals surface area contributed by atoms with E-state index in [1.54, 1.807) is 17.2 Å². The van der Waals surface area contributed by atoms with Gasteiger partial charge in [-0.05, 0) is 32.4 Å². The second-order valence-electron chi connectivity index (χ2n) is 5.50. The zero-order chi connectivity index (χ0) is 13.3. The molecule has 1 aromatic rings. The number of pyridine rings is 1. The number of nitrogens with zero attached hydrogens (tertiary/aromatic N) is 2. The summed E-state index contributed by atoms with van der Waals surface area (Å²) < 4.78 is 5.30. The average molecular weight is 269 g/mol. The van der Waals surface area contributed by atoms with Crippen molar-refractivity contribution < 1.29 is 9.53 Å². The number of ether oxygens (including phenoxy) is 1. The zero-order valence-electron chi connectivity index (χ0n) is 10.8. The molecule has 1 amide bonds. The summed E-state index contributed by atoms with van der Waals surface area (Å²) in [5.74, 6) is 0.335. The monoisotopic (exact) mass is 268 g/mol. The fourth-order valence-electron chi connectivity index (χ4n) is 1.79. The van der Waals surface area contributed by atoms with Gasteiger partial charge in [-0.3, -0.25) is 0 Å². The molecule has 1 aliphatic rings. The Morgan fingerprint density at radius 2 is 2.11 bits per heavy atom. The Hall–Kier alpha value is -1.29. The van der Waals surface area contributed by atoms with Crippen LogP contribution < -0.4 is 0 Å². The first-order chi connectivity index (χ1) is 8.35. The average Bonchev–Trinajstić information content (AvgIpc) is 2.15. The van der Waals surface area contributed by atoms with Crippen molar-refractivity contribution in [3.05, 3.63) is 29.0 Å². The van der Waals surface area contributed by atoms with Crippen LogP contribution in [0.1, 0.15) is 32.3 Å². The first-order valence-corrected chi connectivity index (χ1v) is 6.32. The lowest BCUT2D eigenvalue weighted by Gasteiger charge is -2.39. The molecule has 0 bridgehead atoms. The molecule has 0 aliphatic carbocycles. The van der Waals surface area contributed by atoms with Crippen LogP contribution in [-0.4, -0.2) is 34.7 Å². The van der Waals surface area contributed by atoms with E-state index in [1.807, 2.05) is 26.8 Å². The molecule has 2 heterocycles.